The SMILES string of the molecule is Oc1ccc2nc(Br)ncc2n1. The minimum Gasteiger partial charge on any atom is -0.493 e. The Labute approximate surface area is 76.4 Å². The van der Waals surface area contributed by atoms with Gasteiger partial charge in [-0.3, -0.25) is 0 Å². The molecule has 5 heteroatoms. The highest BCUT2D eigenvalue weighted by Crippen LogP contribution is 2.14. The Morgan fingerprint density at radius 3 is 2.83 bits per heavy atom. The Balaban J connectivity index is 2.79. The fraction of sp³-hybridized carbons (Fsp3) is 0. The molecule has 0 radical (unpaired) electrons. The summed E-state index contributed by atoms with van der Waals surface area (Å²) in [6.45, 7) is 0. The van der Waals surface area contributed by atoms with Gasteiger partial charge in [-0.15, -0.1) is 0 Å². The molecule has 0 bridgehead atoms. The second kappa shape index (κ2) is 2.67. The maximum atomic E-state index is 9.02. The monoisotopic (exact) mass is 225 g/mol. The summed E-state index contributed by atoms with van der Waals surface area (Å²) in [5, 5.41) is 9.02. The third kappa shape index (κ3) is 1.23. The first-order chi connectivity index (χ1) is 5.75. The number of rotatable bonds is 0. The molecule has 2 aromatic heterocycles. The van der Waals surface area contributed by atoms with Crippen LogP contribution >= 0.6 is 15.9 Å². The van der Waals surface area contributed by atoms with Crippen LogP contribution in [0.3, 0.4) is 0 Å². The molecule has 0 unspecified atom stereocenters. The number of halogens is 1. The van der Waals surface area contributed by atoms with E-state index in [0.717, 1.165) is 0 Å². The summed E-state index contributed by atoms with van der Waals surface area (Å²) in [5.41, 5.74) is 1.29. The van der Waals surface area contributed by atoms with Gasteiger partial charge in [-0.1, -0.05) is 0 Å². The summed E-state index contributed by atoms with van der Waals surface area (Å²) in [4.78, 5) is 11.8. The molecule has 1 N–H and O–H groups in total. The van der Waals surface area contributed by atoms with Crippen LogP contribution in [0.15, 0.2) is 23.1 Å². The molecule has 12 heavy (non-hydrogen) atoms. The van der Waals surface area contributed by atoms with Gasteiger partial charge in [0.05, 0.1) is 11.7 Å². The van der Waals surface area contributed by atoms with E-state index in [1.54, 1.807) is 12.3 Å². The van der Waals surface area contributed by atoms with Crippen molar-refractivity contribution in [1.29, 1.82) is 0 Å². The summed E-state index contributed by atoms with van der Waals surface area (Å²) in [7, 11) is 0. The highest BCUT2D eigenvalue weighted by atomic mass is 79.9. The van der Waals surface area contributed by atoms with Crippen LogP contribution in [0.4, 0.5) is 0 Å². The zero-order valence-electron chi connectivity index (χ0n) is 5.90. The van der Waals surface area contributed by atoms with E-state index in [4.69, 9.17) is 5.11 Å². The predicted molar refractivity (Wildman–Crippen MR) is 46.7 cm³/mol. The average Bonchev–Trinajstić information content (AvgIpc) is 2.05. The van der Waals surface area contributed by atoms with E-state index in [0.29, 0.717) is 15.8 Å². The molecule has 0 amide bonds. The maximum absolute atomic E-state index is 9.02. The minimum absolute atomic E-state index is 0.0200. The molecule has 0 spiro atoms. The van der Waals surface area contributed by atoms with E-state index in [9.17, 15) is 0 Å². The van der Waals surface area contributed by atoms with Gasteiger partial charge in [-0.2, -0.15) is 0 Å². The van der Waals surface area contributed by atoms with Crippen LogP contribution in [0.1, 0.15) is 0 Å². The third-order valence-corrected chi connectivity index (χ3v) is 1.78. The Hall–Kier alpha value is -1.23. The van der Waals surface area contributed by atoms with Crippen LogP contribution in [-0.2, 0) is 0 Å². The zero-order chi connectivity index (χ0) is 8.55. The van der Waals surface area contributed by atoms with Crippen LogP contribution in [0.25, 0.3) is 11.0 Å². The number of hydrogen-bond acceptors (Lipinski definition) is 4. The third-order valence-electron chi connectivity index (χ3n) is 1.39. The van der Waals surface area contributed by atoms with Crippen molar-refractivity contribution in [1.82, 2.24) is 15.0 Å². The largest absolute Gasteiger partial charge is 0.493 e. The van der Waals surface area contributed by atoms with Gasteiger partial charge < -0.3 is 5.11 Å². The molecule has 0 saturated heterocycles. The first-order valence-corrected chi connectivity index (χ1v) is 4.03. The van der Waals surface area contributed by atoms with E-state index in [1.165, 1.54) is 6.07 Å². The number of aromatic nitrogens is 3. The summed E-state index contributed by atoms with van der Waals surface area (Å²) < 4.78 is 0.516. The van der Waals surface area contributed by atoms with Crippen LogP contribution in [0, 0.1) is 0 Å². The van der Waals surface area contributed by atoms with E-state index >= 15 is 0 Å². The molecule has 0 aliphatic rings. The standard InChI is InChI=1S/C7H4BrN3O/c8-7-9-3-5-4(11-7)1-2-6(12)10-5/h1-3H,(H,10,12). The molecule has 0 fully saturated rings. The molecule has 0 atom stereocenters. The molecule has 2 heterocycles. The molecular formula is C7H4BrN3O. The molecule has 4 nitrogen and oxygen atoms in total. The predicted octanol–water partition coefficient (Wildman–Crippen LogP) is 1.49. The van der Waals surface area contributed by atoms with Crippen molar-refractivity contribution in [2.45, 2.75) is 0 Å². The first kappa shape index (κ1) is 7.42. The molecule has 2 rings (SSSR count). The molecule has 60 valence electrons. The topological polar surface area (TPSA) is 58.9 Å². The molecule has 0 saturated carbocycles. The Morgan fingerprint density at radius 2 is 2.00 bits per heavy atom. The number of pyridine rings is 1. The molecular weight excluding hydrogens is 222 g/mol. The lowest BCUT2D eigenvalue weighted by molar-refractivity contribution is 0.455. The maximum Gasteiger partial charge on any atom is 0.211 e. The van der Waals surface area contributed by atoms with Gasteiger partial charge in [-0.05, 0) is 22.0 Å². The minimum atomic E-state index is -0.0200. The van der Waals surface area contributed by atoms with Crippen LogP contribution in [-0.4, -0.2) is 20.1 Å². The average molecular weight is 226 g/mol. The summed E-state index contributed by atoms with van der Waals surface area (Å²) in [6, 6.07) is 3.17. The van der Waals surface area contributed by atoms with E-state index in [1.807, 2.05) is 0 Å². The fourth-order valence-electron chi connectivity index (χ4n) is 0.889. The van der Waals surface area contributed by atoms with Crippen LogP contribution in [0.2, 0.25) is 0 Å². The lowest BCUT2D eigenvalue weighted by Gasteiger charge is -1.95. The van der Waals surface area contributed by atoms with E-state index < -0.39 is 0 Å². The van der Waals surface area contributed by atoms with Gasteiger partial charge in [-0.25, -0.2) is 15.0 Å². The Kier molecular flexibility index (Phi) is 1.65. The van der Waals surface area contributed by atoms with E-state index in [-0.39, 0.29) is 5.88 Å². The number of hydrogen-bond donors (Lipinski definition) is 1. The highest BCUT2D eigenvalue weighted by Gasteiger charge is 1.98. The van der Waals surface area contributed by atoms with Gasteiger partial charge >= 0.3 is 0 Å². The van der Waals surface area contributed by atoms with Crippen molar-refractivity contribution >= 4 is 27.0 Å². The van der Waals surface area contributed by atoms with E-state index in [2.05, 4.69) is 30.9 Å². The molecule has 0 aliphatic carbocycles. The van der Waals surface area contributed by atoms with Crippen molar-refractivity contribution in [2.75, 3.05) is 0 Å². The van der Waals surface area contributed by atoms with Crippen molar-refractivity contribution in [3.8, 4) is 5.88 Å². The second-order valence-corrected chi connectivity index (χ2v) is 2.92. The molecule has 2 aromatic rings. The van der Waals surface area contributed by atoms with Gasteiger partial charge in [0.2, 0.25) is 5.88 Å². The highest BCUT2D eigenvalue weighted by molar-refractivity contribution is 9.10. The first-order valence-electron chi connectivity index (χ1n) is 3.24. The zero-order valence-corrected chi connectivity index (χ0v) is 7.48. The van der Waals surface area contributed by atoms with Gasteiger partial charge in [0.15, 0.2) is 4.73 Å². The smallest absolute Gasteiger partial charge is 0.211 e. The lowest BCUT2D eigenvalue weighted by Crippen LogP contribution is -1.86. The second-order valence-electron chi connectivity index (χ2n) is 2.21. The normalized spacial score (nSPS) is 10.4. The van der Waals surface area contributed by atoms with Gasteiger partial charge in [0.25, 0.3) is 0 Å². The summed E-state index contributed by atoms with van der Waals surface area (Å²) in [6.07, 6.45) is 1.55. The fourth-order valence-corrected chi connectivity index (χ4v) is 1.18. The number of fused-ring (bicyclic) bond motifs is 1. The lowest BCUT2D eigenvalue weighted by atomic mass is 10.4. The van der Waals surface area contributed by atoms with Gasteiger partial charge in [0.1, 0.15) is 5.52 Å². The molecule has 0 aliphatic heterocycles. The van der Waals surface area contributed by atoms with Crippen molar-refractivity contribution in [3.63, 3.8) is 0 Å². The van der Waals surface area contributed by atoms with Crippen molar-refractivity contribution < 1.29 is 5.11 Å². The van der Waals surface area contributed by atoms with Crippen molar-refractivity contribution in [2.24, 2.45) is 0 Å². The summed E-state index contributed by atoms with van der Waals surface area (Å²) in [5.74, 6) is -0.0200. The molecule has 0 aromatic carbocycles. The Bertz CT molecular complexity index is 391. The number of aromatic hydroxyl groups is 1. The van der Waals surface area contributed by atoms with Crippen LogP contribution < -0.4 is 0 Å². The Morgan fingerprint density at radius 1 is 1.17 bits per heavy atom. The van der Waals surface area contributed by atoms with Crippen molar-refractivity contribution in [3.05, 3.63) is 23.1 Å². The number of nitrogens with zero attached hydrogens (tertiary/aromatic N) is 3. The quantitative estimate of drug-likeness (QED) is 0.691. The van der Waals surface area contributed by atoms with Gasteiger partial charge in [0, 0.05) is 6.07 Å². The summed E-state index contributed by atoms with van der Waals surface area (Å²) >= 11 is 3.14. The van der Waals surface area contributed by atoms with Crippen LogP contribution in [0.5, 0.6) is 5.88 Å².